The maximum atomic E-state index is 5.53. The van der Waals surface area contributed by atoms with Crippen molar-refractivity contribution in [2.45, 2.75) is 45.6 Å². The summed E-state index contributed by atoms with van der Waals surface area (Å²) >= 11 is 0. The number of nitrogens with zero attached hydrogens (tertiary/aromatic N) is 2. The summed E-state index contributed by atoms with van der Waals surface area (Å²) in [5.74, 6) is 1.41. The number of aliphatic imine (C=N–C) groups is 2. The number of ether oxygens (including phenoxy) is 1. The Bertz CT molecular complexity index is 485. The molecule has 1 heterocycles. The molecule has 104 valence electrons. The van der Waals surface area contributed by atoms with Gasteiger partial charge in [0.05, 0.1) is 18.4 Å². The van der Waals surface area contributed by atoms with Crippen molar-refractivity contribution in [2.75, 3.05) is 14.2 Å². The standard InChI is InChI=1S/C16H24N2O/c1-6-11-10-16(3,7-2)18-15-13(11)8-12(17-4)9-14(15)19-5/h8-9,11H,6-7,10H2,1-5H3. The van der Waals surface area contributed by atoms with E-state index in [1.165, 1.54) is 5.57 Å². The number of methoxy groups -OCH3 is 1. The van der Waals surface area contributed by atoms with E-state index in [0.717, 1.165) is 36.4 Å². The molecule has 0 aromatic rings. The summed E-state index contributed by atoms with van der Waals surface area (Å²) in [5, 5.41) is 0. The molecule has 0 radical (unpaired) electrons. The van der Waals surface area contributed by atoms with E-state index < -0.39 is 0 Å². The molecule has 0 bridgehead atoms. The third kappa shape index (κ3) is 2.51. The Morgan fingerprint density at radius 2 is 2.16 bits per heavy atom. The SMILES string of the molecule is CCC1CC(C)(CC)N=C2C(OC)=CC(=NC)C=C21. The fourth-order valence-electron chi connectivity index (χ4n) is 2.87. The fourth-order valence-corrected chi connectivity index (χ4v) is 2.87. The lowest BCUT2D eigenvalue weighted by Crippen LogP contribution is -2.36. The summed E-state index contributed by atoms with van der Waals surface area (Å²) in [6.45, 7) is 6.71. The van der Waals surface area contributed by atoms with Gasteiger partial charge in [-0.15, -0.1) is 0 Å². The predicted octanol–water partition coefficient (Wildman–Crippen LogP) is 3.57. The lowest BCUT2D eigenvalue weighted by molar-refractivity contribution is 0.302. The van der Waals surface area contributed by atoms with Gasteiger partial charge < -0.3 is 4.74 Å². The average molecular weight is 260 g/mol. The van der Waals surface area contributed by atoms with Gasteiger partial charge in [0.1, 0.15) is 11.5 Å². The first-order valence-corrected chi connectivity index (χ1v) is 7.11. The van der Waals surface area contributed by atoms with Crippen LogP contribution in [0.1, 0.15) is 40.0 Å². The second-order valence-electron chi connectivity index (χ2n) is 5.58. The average Bonchev–Trinajstić information content (AvgIpc) is 2.45. The Balaban J connectivity index is 2.54. The van der Waals surface area contributed by atoms with Gasteiger partial charge in [0.2, 0.25) is 0 Å². The van der Waals surface area contributed by atoms with Crippen LogP contribution >= 0.6 is 0 Å². The fraction of sp³-hybridized carbons (Fsp3) is 0.625. The van der Waals surface area contributed by atoms with E-state index in [4.69, 9.17) is 9.73 Å². The van der Waals surface area contributed by atoms with Gasteiger partial charge in [-0.2, -0.15) is 0 Å². The van der Waals surface area contributed by atoms with Crippen molar-refractivity contribution in [3.05, 3.63) is 23.5 Å². The van der Waals surface area contributed by atoms with E-state index in [-0.39, 0.29) is 5.54 Å². The Morgan fingerprint density at radius 1 is 1.42 bits per heavy atom. The highest BCUT2D eigenvalue weighted by Gasteiger charge is 2.37. The molecular formula is C16H24N2O. The van der Waals surface area contributed by atoms with Crippen LogP contribution in [0.4, 0.5) is 0 Å². The molecule has 0 fully saturated rings. The molecule has 3 heteroatoms. The first-order chi connectivity index (χ1) is 9.06. The molecule has 2 aliphatic rings. The Hall–Kier alpha value is -1.38. The van der Waals surface area contributed by atoms with Crippen LogP contribution in [0.3, 0.4) is 0 Å². The number of fused-ring (bicyclic) bond motifs is 1. The normalized spacial score (nSPS) is 32.4. The Morgan fingerprint density at radius 3 is 2.68 bits per heavy atom. The van der Waals surface area contributed by atoms with Gasteiger partial charge in [-0.3, -0.25) is 9.98 Å². The van der Waals surface area contributed by atoms with Gasteiger partial charge >= 0.3 is 0 Å². The zero-order valence-electron chi connectivity index (χ0n) is 12.7. The molecular weight excluding hydrogens is 236 g/mol. The van der Waals surface area contributed by atoms with Crippen LogP contribution in [-0.4, -0.2) is 31.1 Å². The molecule has 0 N–H and O–H groups in total. The maximum absolute atomic E-state index is 5.53. The molecule has 0 aromatic heterocycles. The molecule has 1 aliphatic carbocycles. The molecule has 3 nitrogen and oxygen atoms in total. The number of hydrogen-bond acceptors (Lipinski definition) is 3. The monoisotopic (exact) mass is 260 g/mol. The molecule has 1 aliphatic heterocycles. The molecule has 0 aromatic carbocycles. The van der Waals surface area contributed by atoms with Crippen molar-refractivity contribution >= 4 is 11.4 Å². The second kappa shape index (κ2) is 5.32. The highest BCUT2D eigenvalue weighted by molar-refractivity contribution is 6.23. The Kier molecular flexibility index (Phi) is 3.93. The zero-order valence-corrected chi connectivity index (χ0v) is 12.7. The Labute approximate surface area is 116 Å². The van der Waals surface area contributed by atoms with Crippen molar-refractivity contribution < 1.29 is 4.74 Å². The maximum Gasteiger partial charge on any atom is 0.146 e. The van der Waals surface area contributed by atoms with Crippen LogP contribution < -0.4 is 0 Å². The minimum atomic E-state index is 0.0336. The van der Waals surface area contributed by atoms with Crippen molar-refractivity contribution in [3.8, 4) is 0 Å². The van der Waals surface area contributed by atoms with Crippen LogP contribution in [0.2, 0.25) is 0 Å². The summed E-state index contributed by atoms with van der Waals surface area (Å²) < 4.78 is 5.53. The molecule has 0 saturated heterocycles. The van der Waals surface area contributed by atoms with Crippen molar-refractivity contribution in [2.24, 2.45) is 15.9 Å². The number of hydrogen-bond donors (Lipinski definition) is 0. The summed E-state index contributed by atoms with van der Waals surface area (Å²) in [7, 11) is 3.53. The molecule has 0 spiro atoms. The number of allylic oxidation sites excluding steroid dienone is 3. The smallest absolute Gasteiger partial charge is 0.146 e. The van der Waals surface area contributed by atoms with Crippen LogP contribution in [0.5, 0.6) is 0 Å². The molecule has 0 amide bonds. The molecule has 19 heavy (non-hydrogen) atoms. The lowest BCUT2D eigenvalue weighted by Gasteiger charge is -2.38. The van der Waals surface area contributed by atoms with Gasteiger partial charge in [0.25, 0.3) is 0 Å². The highest BCUT2D eigenvalue weighted by Crippen LogP contribution is 2.39. The van der Waals surface area contributed by atoms with Crippen LogP contribution in [0.15, 0.2) is 33.5 Å². The zero-order chi connectivity index (χ0) is 14.0. The van der Waals surface area contributed by atoms with Crippen molar-refractivity contribution in [1.29, 1.82) is 0 Å². The summed E-state index contributed by atoms with van der Waals surface area (Å²) in [6.07, 6.45) is 7.46. The van der Waals surface area contributed by atoms with Crippen LogP contribution in [0.25, 0.3) is 0 Å². The van der Waals surface area contributed by atoms with E-state index in [1.54, 1.807) is 7.11 Å². The van der Waals surface area contributed by atoms with E-state index >= 15 is 0 Å². The molecule has 2 unspecified atom stereocenters. The third-order valence-electron chi connectivity index (χ3n) is 4.33. The first kappa shape index (κ1) is 14.0. The van der Waals surface area contributed by atoms with E-state index in [2.05, 4.69) is 31.8 Å². The summed E-state index contributed by atoms with van der Waals surface area (Å²) in [5.41, 5.74) is 3.35. The molecule has 2 rings (SSSR count). The van der Waals surface area contributed by atoms with Gasteiger partial charge in [-0.05, 0) is 43.8 Å². The lowest BCUT2D eigenvalue weighted by atomic mass is 9.75. The summed E-state index contributed by atoms with van der Waals surface area (Å²) in [6, 6.07) is 0. The van der Waals surface area contributed by atoms with E-state index in [9.17, 15) is 0 Å². The largest absolute Gasteiger partial charge is 0.494 e. The predicted molar refractivity (Wildman–Crippen MR) is 81.1 cm³/mol. The minimum absolute atomic E-state index is 0.0336. The van der Waals surface area contributed by atoms with E-state index in [1.807, 2.05) is 13.1 Å². The highest BCUT2D eigenvalue weighted by atomic mass is 16.5. The summed E-state index contributed by atoms with van der Waals surface area (Å²) in [4.78, 5) is 9.26. The molecule has 0 saturated carbocycles. The third-order valence-corrected chi connectivity index (χ3v) is 4.33. The van der Waals surface area contributed by atoms with Crippen molar-refractivity contribution in [1.82, 2.24) is 0 Å². The first-order valence-electron chi connectivity index (χ1n) is 7.11. The quantitative estimate of drug-likeness (QED) is 0.714. The van der Waals surface area contributed by atoms with Gasteiger partial charge in [0, 0.05) is 13.1 Å². The van der Waals surface area contributed by atoms with Crippen molar-refractivity contribution in [3.63, 3.8) is 0 Å². The van der Waals surface area contributed by atoms with Gasteiger partial charge in [-0.1, -0.05) is 13.8 Å². The van der Waals surface area contributed by atoms with Gasteiger partial charge in [-0.25, -0.2) is 0 Å². The van der Waals surface area contributed by atoms with Crippen LogP contribution in [-0.2, 0) is 4.74 Å². The number of rotatable bonds is 3. The van der Waals surface area contributed by atoms with E-state index in [0.29, 0.717) is 5.92 Å². The topological polar surface area (TPSA) is 34.0 Å². The molecule has 2 atom stereocenters. The van der Waals surface area contributed by atoms with Crippen LogP contribution in [0, 0.1) is 5.92 Å². The minimum Gasteiger partial charge on any atom is -0.494 e. The van der Waals surface area contributed by atoms with Gasteiger partial charge in [0.15, 0.2) is 0 Å². The second-order valence-corrected chi connectivity index (χ2v) is 5.58.